The van der Waals surface area contributed by atoms with Gasteiger partial charge in [-0.05, 0) is 64.7 Å². The van der Waals surface area contributed by atoms with Gasteiger partial charge in [-0.1, -0.05) is 99.0 Å². The average molecular weight is 809 g/mol. The van der Waals surface area contributed by atoms with Crippen molar-refractivity contribution in [2.45, 2.75) is 52.2 Å². The number of fused-ring (bicyclic) bond motifs is 3. The van der Waals surface area contributed by atoms with Gasteiger partial charge in [0.25, 0.3) is 0 Å². The van der Waals surface area contributed by atoms with Crippen LogP contribution in [0.25, 0.3) is 55.6 Å². The van der Waals surface area contributed by atoms with Crippen molar-refractivity contribution in [3.63, 3.8) is 0 Å². The van der Waals surface area contributed by atoms with Crippen LogP contribution in [0.5, 0.6) is 0 Å². The van der Waals surface area contributed by atoms with Gasteiger partial charge in [-0.2, -0.15) is 0 Å². The van der Waals surface area contributed by atoms with Crippen LogP contribution in [0.1, 0.15) is 38.2 Å². The van der Waals surface area contributed by atoms with Gasteiger partial charge < -0.3 is 14.4 Å². The van der Waals surface area contributed by atoms with Crippen molar-refractivity contribution in [3.8, 4) is 33.6 Å². The van der Waals surface area contributed by atoms with E-state index in [1.54, 1.807) is 0 Å². The number of nitrogens with zero attached hydrogens (tertiary/aromatic N) is 2. The normalized spacial score (nSPS) is 11.3. The van der Waals surface area contributed by atoms with Crippen LogP contribution >= 0.6 is 0 Å². The second-order valence-electron chi connectivity index (χ2n) is 12.7. The third kappa shape index (κ3) is 7.88. The van der Waals surface area contributed by atoms with Gasteiger partial charge in [-0.25, -0.2) is 0 Å². The summed E-state index contributed by atoms with van der Waals surface area (Å²) in [4.78, 5) is 9.15. The summed E-state index contributed by atoms with van der Waals surface area (Å²) in [5.41, 5.74) is 9.53. The van der Waals surface area contributed by atoms with Crippen molar-refractivity contribution < 1.29 is 24.5 Å². The van der Waals surface area contributed by atoms with Crippen LogP contribution in [0.2, 0.25) is 19.6 Å². The largest absolute Gasteiger partial charge is 0.500 e. The maximum absolute atomic E-state index is 6.08. The van der Waals surface area contributed by atoms with Crippen molar-refractivity contribution in [1.82, 2.24) is 9.97 Å². The first-order valence-electron chi connectivity index (χ1n) is 16.2. The minimum atomic E-state index is -1.23. The minimum Gasteiger partial charge on any atom is -0.500 e. The van der Waals surface area contributed by atoms with Crippen molar-refractivity contribution in [2.75, 3.05) is 0 Å². The fourth-order valence-corrected chi connectivity index (χ4v) is 6.87. The molecular weight excluding hydrogens is 769 g/mol. The number of aromatic nitrogens is 2. The summed E-state index contributed by atoms with van der Waals surface area (Å²) >= 11 is 0. The zero-order chi connectivity index (χ0) is 32.1. The van der Waals surface area contributed by atoms with Crippen LogP contribution in [0.4, 0.5) is 0 Å². The van der Waals surface area contributed by atoms with E-state index in [-0.39, 0.29) is 20.1 Å². The molecule has 0 fully saturated rings. The molecule has 3 nitrogen and oxygen atoms in total. The molecule has 0 spiro atoms. The van der Waals surface area contributed by atoms with Gasteiger partial charge in [0.2, 0.25) is 0 Å². The summed E-state index contributed by atoms with van der Waals surface area (Å²) in [6, 6.07) is 44.1. The fraction of sp³-hybridized carbons (Fsp3) is 0.190. The predicted octanol–water partition coefficient (Wildman–Crippen LogP) is 11.1. The molecule has 0 unspecified atom stereocenters. The maximum Gasteiger partial charge on any atom is 0.121 e. The standard InChI is InChI=1S/C28H24NO.C14H16NSi.Ir/c1-3-19(4-2)22-14-15-29-26(18-22)23-11-13-28-25(17-23)24-16-21(10-12-27(24)30-28)20-8-6-5-7-9-20;1-16(2,3)13-9-10-14(15-11-13)12-7-5-4-6-8-12;/h5-10,12-19H,3-4H2,1-2H3;4-7,9-11H,1-3H3;/q2*-1;. The van der Waals surface area contributed by atoms with E-state index >= 15 is 0 Å². The van der Waals surface area contributed by atoms with E-state index in [0.29, 0.717) is 5.92 Å². The molecule has 0 N–H and O–H groups in total. The van der Waals surface area contributed by atoms with Crippen LogP contribution in [-0.4, -0.2) is 18.0 Å². The molecule has 0 saturated carbocycles. The molecule has 0 aliphatic heterocycles. The topological polar surface area (TPSA) is 38.9 Å². The summed E-state index contributed by atoms with van der Waals surface area (Å²) in [6.07, 6.45) is 6.21. The Balaban J connectivity index is 0.000000217. The van der Waals surface area contributed by atoms with Crippen LogP contribution < -0.4 is 5.19 Å². The quantitative estimate of drug-likeness (QED) is 0.119. The summed E-state index contributed by atoms with van der Waals surface area (Å²) in [6.45, 7) is 11.5. The van der Waals surface area contributed by atoms with E-state index < -0.39 is 8.07 Å². The summed E-state index contributed by atoms with van der Waals surface area (Å²) < 4.78 is 6.08. The Hall–Kier alpha value is -4.15. The molecule has 0 amide bonds. The molecule has 0 aliphatic rings. The molecule has 0 saturated heterocycles. The van der Waals surface area contributed by atoms with E-state index in [0.717, 1.165) is 57.3 Å². The van der Waals surface area contributed by atoms with Gasteiger partial charge in [-0.15, -0.1) is 59.7 Å². The van der Waals surface area contributed by atoms with Crippen molar-refractivity contribution >= 4 is 35.2 Å². The Kier molecular flexibility index (Phi) is 11.0. The molecule has 4 aromatic carbocycles. The molecule has 0 aliphatic carbocycles. The molecular formula is C42H40IrN2OSi-2. The maximum atomic E-state index is 6.08. The first kappa shape index (κ1) is 34.2. The summed E-state index contributed by atoms with van der Waals surface area (Å²) in [5.74, 6) is 0.568. The number of hydrogen-bond acceptors (Lipinski definition) is 3. The first-order chi connectivity index (χ1) is 22.3. The minimum absolute atomic E-state index is 0. The van der Waals surface area contributed by atoms with Crippen molar-refractivity contribution in [2.24, 2.45) is 0 Å². The second kappa shape index (κ2) is 15.2. The Labute approximate surface area is 293 Å². The van der Waals surface area contributed by atoms with Gasteiger partial charge in [0.15, 0.2) is 0 Å². The van der Waals surface area contributed by atoms with Crippen molar-refractivity contribution in [3.05, 3.63) is 139 Å². The molecule has 1 radical (unpaired) electrons. The number of furan rings is 1. The monoisotopic (exact) mass is 809 g/mol. The van der Waals surface area contributed by atoms with E-state index in [1.807, 2.05) is 48.8 Å². The van der Waals surface area contributed by atoms with Crippen LogP contribution in [-0.2, 0) is 20.1 Å². The van der Waals surface area contributed by atoms with Gasteiger partial charge in [0.05, 0.1) is 13.7 Å². The van der Waals surface area contributed by atoms with Crippen LogP contribution in [0.3, 0.4) is 0 Å². The third-order valence-corrected chi connectivity index (χ3v) is 10.7. The smallest absolute Gasteiger partial charge is 0.121 e. The van der Waals surface area contributed by atoms with Gasteiger partial charge in [0.1, 0.15) is 5.58 Å². The fourth-order valence-electron chi connectivity index (χ4n) is 5.84. The molecule has 0 bridgehead atoms. The molecule has 7 rings (SSSR count). The molecule has 7 aromatic rings. The molecule has 47 heavy (non-hydrogen) atoms. The predicted molar refractivity (Wildman–Crippen MR) is 196 cm³/mol. The zero-order valence-corrected chi connectivity index (χ0v) is 31.1. The van der Waals surface area contributed by atoms with E-state index in [1.165, 1.54) is 21.9 Å². The molecule has 239 valence electrons. The Morgan fingerprint density at radius 2 is 1.45 bits per heavy atom. The molecule has 5 heteroatoms. The Morgan fingerprint density at radius 1 is 0.681 bits per heavy atom. The number of rotatable bonds is 7. The van der Waals surface area contributed by atoms with E-state index in [2.05, 4.69) is 128 Å². The SMILES string of the molecule is CCC(CC)c1ccnc(-c2[c-]cc3oc4ccc(-c5ccccc5)cc4c3c2)c1.C[Si](C)(C)c1ccc(-c2[c-]cccc2)nc1.[Ir]. The number of hydrogen-bond donors (Lipinski definition) is 0. The Bertz CT molecular complexity index is 2050. The second-order valence-corrected chi connectivity index (χ2v) is 17.8. The summed E-state index contributed by atoms with van der Waals surface area (Å²) in [7, 11) is -1.23. The number of pyridine rings is 2. The van der Waals surface area contributed by atoms with Gasteiger partial charge >= 0.3 is 0 Å². The average Bonchev–Trinajstić information content (AvgIpc) is 3.47. The summed E-state index contributed by atoms with van der Waals surface area (Å²) in [5, 5.41) is 3.62. The molecule has 3 aromatic heterocycles. The van der Waals surface area contributed by atoms with Crippen LogP contribution in [0, 0.1) is 12.1 Å². The Morgan fingerprint density at radius 3 is 2.13 bits per heavy atom. The molecule has 0 atom stereocenters. The van der Waals surface area contributed by atoms with Crippen LogP contribution in [0.15, 0.2) is 126 Å². The van der Waals surface area contributed by atoms with Crippen molar-refractivity contribution in [1.29, 1.82) is 0 Å². The first-order valence-corrected chi connectivity index (χ1v) is 19.7. The number of benzene rings is 4. The zero-order valence-electron chi connectivity index (χ0n) is 27.7. The van der Waals surface area contributed by atoms with Gasteiger partial charge in [0, 0.05) is 37.9 Å². The van der Waals surface area contributed by atoms with E-state index in [4.69, 9.17) is 4.42 Å². The third-order valence-electron chi connectivity index (χ3n) is 8.64. The van der Waals surface area contributed by atoms with E-state index in [9.17, 15) is 0 Å². The van der Waals surface area contributed by atoms with Gasteiger partial charge in [-0.3, -0.25) is 0 Å². The molecule has 3 heterocycles.